The van der Waals surface area contributed by atoms with E-state index in [2.05, 4.69) is 15.6 Å². The number of sulfonamides is 1. The molecule has 1 fully saturated rings. The molecule has 0 spiro atoms. The zero-order valence-corrected chi connectivity index (χ0v) is 19.0. The van der Waals surface area contributed by atoms with Crippen LogP contribution in [0.25, 0.3) is 0 Å². The third-order valence-corrected chi connectivity index (χ3v) is 7.40. The van der Waals surface area contributed by atoms with E-state index in [4.69, 9.17) is 0 Å². The maximum absolute atomic E-state index is 13.9. The summed E-state index contributed by atoms with van der Waals surface area (Å²) in [5, 5.41) is 5.28. The van der Waals surface area contributed by atoms with E-state index in [1.54, 1.807) is 30.3 Å². The van der Waals surface area contributed by atoms with Crippen molar-refractivity contribution in [1.29, 1.82) is 0 Å². The number of anilines is 2. The highest BCUT2D eigenvalue weighted by Gasteiger charge is 2.33. The predicted molar refractivity (Wildman–Crippen MR) is 125 cm³/mol. The molecule has 1 unspecified atom stereocenters. The molecule has 0 aliphatic carbocycles. The lowest BCUT2D eigenvalue weighted by Gasteiger charge is -2.31. The van der Waals surface area contributed by atoms with Crippen LogP contribution in [0.1, 0.15) is 23.3 Å². The lowest BCUT2D eigenvalue weighted by molar-refractivity contribution is -0.120. The number of pyridine rings is 1. The molecule has 8 nitrogen and oxygen atoms in total. The lowest BCUT2D eigenvalue weighted by Crippen LogP contribution is -2.43. The SMILES string of the molecule is O=C(Nc1ccc(F)cc1NC(=O)C1CCCN(S(=O)(=O)c2ccccc2)C1)c1ccccn1. The van der Waals surface area contributed by atoms with Gasteiger partial charge in [-0.15, -0.1) is 0 Å². The zero-order valence-electron chi connectivity index (χ0n) is 18.1. The van der Waals surface area contributed by atoms with Gasteiger partial charge in [0.15, 0.2) is 0 Å². The van der Waals surface area contributed by atoms with Crippen molar-refractivity contribution < 1.29 is 22.4 Å². The Morgan fingerprint density at radius 2 is 1.74 bits per heavy atom. The van der Waals surface area contributed by atoms with Crippen molar-refractivity contribution in [3.05, 3.63) is 84.4 Å². The summed E-state index contributed by atoms with van der Waals surface area (Å²) in [5.74, 6) is -2.19. The molecule has 1 aliphatic heterocycles. The summed E-state index contributed by atoms with van der Waals surface area (Å²) < 4.78 is 41.2. The van der Waals surface area contributed by atoms with Crippen molar-refractivity contribution in [1.82, 2.24) is 9.29 Å². The zero-order chi connectivity index (χ0) is 24.1. The summed E-state index contributed by atoms with van der Waals surface area (Å²) in [6.07, 6.45) is 2.47. The smallest absolute Gasteiger partial charge is 0.274 e. The van der Waals surface area contributed by atoms with Gasteiger partial charge in [-0.1, -0.05) is 24.3 Å². The molecule has 2 aromatic carbocycles. The van der Waals surface area contributed by atoms with Crippen LogP contribution in [0.4, 0.5) is 15.8 Å². The Kier molecular flexibility index (Phi) is 6.99. The fourth-order valence-electron chi connectivity index (χ4n) is 3.76. The van der Waals surface area contributed by atoms with Crippen LogP contribution in [-0.2, 0) is 14.8 Å². The number of halogens is 1. The number of hydrogen-bond acceptors (Lipinski definition) is 5. The summed E-state index contributed by atoms with van der Waals surface area (Å²) in [6.45, 7) is 0.320. The molecular formula is C24H23FN4O4S. The monoisotopic (exact) mass is 482 g/mol. The quantitative estimate of drug-likeness (QED) is 0.559. The highest BCUT2D eigenvalue weighted by molar-refractivity contribution is 7.89. The van der Waals surface area contributed by atoms with Gasteiger partial charge >= 0.3 is 0 Å². The fraction of sp³-hybridized carbons (Fsp3) is 0.208. The van der Waals surface area contributed by atoms with Crippen molar-refractivity contribution in [2.45, 2.75) is 17.7 Å². The molecule has 4 rings (SSSR count). The van der Waals surface area contributed by atoms with E-state index in [-0.39, 0.29) is 28.5 Å². The van der Waals surface area contributed by atoms with Crippen LogP contribution in [-0.4, -0.2) is 42.6 Å². The number of carbonyl (C=O) groups excluding carboxylic acids is 2. The molecule has 1 saturated heterocycles. The minimum atomic E-state index is -3.73. The van der Waals surface area contributed by atoms with Crippen molar-refractivity contribution in [2.24, 2.45) is 5.92 Å². The molecule has 0 bridgehead atoms. The van der Waals surface area contributed by atoms with Crippen molar-refractivity contribution in [2.75, 3.05) is 23.7 Å². The van der Waals surface area contributed by atoms with E-state index < -0.39 is 33.6 Å². The number of amides is 2. The van der Waals surface area contributed by atoms with E-state index in [0.717, 1.165) is 6.07 Å². The molecule has 1 atom stereocenters. The molecule has 1 aliphatic rings. The van der Waals surface area contributed by atoms with Crippen LogP contribution in [0.3, 0.4) is 0 Å². The number of benzene rings is 2. The number of piperidine rings is 1. The Hall–Kier alpha value is -3.63. The second-order valence-electron chi connectivity index (χ2n) is 7.86. The molecule has 3 aromatic rings. The maximum Gasteiger partial charge on any atom is 0.274 e. The number of nitrogens with zero attached hydrogens (tertiary/aromatic N) is 2. The number of rotatable bonds is 6. The number of nitrogens with one attached hydrogen (secondary N) is 2. The molecule has 176 valence electrons. The summed E-state index contributed by atoms with van der Waals surface area (Å²) in [4.78, 5) is 29.6. The van der Waals surface area contributed by atoms with Crippen LogP contribution in [0, 0.1) is 11.7 Å². The van der Waals surface area contributed by atoms with Crippen LogP contribution in [0.2, 0.25) is 0 Å². The van der Waals surface area contributed by atoms with Gasteiger partial charge in [0.25, 0.3) is 5.91 Å². The molecule has 0 saturated carbocycles. The van der Waals surface area contributed by atoms with E-state index in [1.165, 1.54) is 40.8 Å². The highest BCUT2D eigenvalue weighted by atomic mass is 32.2. The van der Waals surface area contributed by atoms with E-state index in [9.17, 15) is 22.4 Å². The summed E-state index contributed by atoms with van der Waals surface area (Å²) >= 11 is 0. The minimum Gasteiger partial charge on any atom is -0.324 e. The van der Waals surface area contributed by atoms with Crippen LogP contribution < -0.4 is 10.6 Å². The van der Waals surface area contributed by atoms with Gasteiger partial charge in [-0.3, -0.25) is 14.6 Å². The highest BCUT2D eigenvalue weighted by Crippen LogP contribution is 2.27. The molecule has 2 heterocycles. The van der Waals surface area contributed by atoms with E-state index in [1.807, 2.05) is 0 Å². The van der Waals surface area contributed by atoms with Gasteiger partial charge in [0.05, 0.1) is 22.2 Å². The van der Waals surface area contributed by atoms with E-state index >= 15 is 0 Å². The lowest BCUT2D eigenvalue weighted by atomic mass is 9.98. The summed E-state index contributed by atoms with van der Waals surface area (Å²) in [7, 11) is -3.73. The third-order valence-electron chi connectivity index (χ3n) is 5.52. The Morgan fingerprint density at radius 3 is 2.47 bits per heavy atom. The first-order valence-electron chi connectivity index (χ1n) is 10.7. The summed E-state index contributed by atoms with van der Waals surface area (Å²) in [6, 6.07) is 16.5. The van der Waals surface area contributed by atoms with Crippen LogP contribution in [0.5, 0.6) is 0 Å². The maximum atomic E-state index is 13.9. The van der Waals surface area contributed by atoms with E-state index in [0.29, 0.717) is 19.4 Å². The minimum absolute atomic E-state index is 0.00794. The molecule has 10 heteroatoms. The second-order valence-corrected chi connectivity index (χ2v) is 9.80. The molecule has 34 heavy (non-hydrogen) atoms. The summed E-state index contributed by atoms with van der Waals surface area (Å²) in [5.41, 5.74) is 0.449. The van der Waals surface area contributed by atoms with Crippen molar-refractivity contribution in [3.63, 3.8) is 0 Å². The van der Waals surface area contributed by atoms with Gasteiger partial charge < -0.3 is 10.6 Å². The fourth-order valence-corrected chi connectivity index (χ4v) is 5.31. The Bertz CT molecular complexity index is 1290. The van der Waals surface area contributed by atoms with Crippen molar-refractivity contribution >= 4 is 33.2 Å². The van der Waals surface area contributed by atoms with Crippen LogP contribution in [0.15, 0.2) is 77.8 Å². The molecular weight excluding hydrogens is 459 g/mol. The number of hydrogen-bond donors (Lipinski definition) is 2. The normalized spacial score (nSPS) is 16.6. The van der Waals surface area contributed by atoms with Gasteiger partial charge in [0, 0.05) is 19.3 Å². The first-order chi connectivity index (χ1) is 16.3. The topological polar surface area (TPSA) is 108 Å². The third kappa shape index (κ3) is 5.29. The van der Waals surface area contributed by atoms with Gasteiger partial charge in [-0.2, -0.15) is 4.31 Å². The van der Waals surface area contributed by atoms with Gasteiger partial charge in [0.2, 0.25) is 15.9 Å². The molecule has 1 aromatic heterocycles. The Labute approximate surface area is 196 Å². The Morgan fingerprint density at radius 1 is 0.971 bits per heavy atom. The predicted octanol–water partition coefficient (Wildman–Crippen LogP) is 3.51. The largest absolute Gasteiger partial charge is 0.324 e. The number of aromatic nitrogens is 1. The Balaban J connectivity index is 1.49. The average molecular weight is 483 g/mol. The molecule has 2 N–H and O–H groups in total. The first-order valence-corrected chi connectivity index (χ1v) is 12.2. The van der Waals surface area contributed by atoms with Gasteiger partial charge in [0.1, 0.15) is 11.5 Å². The van der Waals surface area contributed by atoms with Crippen LogP contribution >= 0.6 is 0 Å². The standard InChI is InChI=1S/C24H23FN4O4S/c25-18-11-12-20(27-24(31)21-10-4-5-13-26-21)22(15-18)28-23(30)17-7-6-14-29(16-17)34(32,33)19-8-2-1-3-9-19/h1-5,8-13,15,17H,6-7,14,16H2,(H,27,31)(H,28,30). The van der Waals surface area contributed by atoms with Gasteiger partial charge in [-0.25, -0.2) is 12.8 Å². The second kappa shape index (κ2) is 10.1. The molecule has 2 amide bonds. The number of carbonyl (C=O) groups is 2. The first kappa shape index (κ1) is 23.5. The molecule has 0 radical (unpaired) electrons. The average Bonchev–Trinajstić information content (AvgIpc) is 2.86. The van der Waals surface area contributed by atoms with Crippen molar-refractivity contribution in [3.8, 4) is 0 Å². The van der Waals surface area contributed by atoms with Gasteiger partial charge in [-0.05, 0) is 55.3 Å².